The Labute approximate surface area is 153 Å². The lowest BCUT2D eigenvalue weighted by Crippen LogP contribution is -2.58. The van der Waals surface area contributed by atoms with E-state index in [2.05, 4.69) is 5.10 Å². The van der Waals surface area contributed by atoms with Crippen LogP contribution < -0.4 is 5.73 Å². The summed E-state index contributed by atoms with van der Waals surface area (Å²) in [6.07, 6.45) is 1.49. The zero-order valence-corrected chi connectivity index (χ0v) is 15.7. The number of amides is 1. The first-order valence-electron chi connectivity index (χ1n) is 8.36. The third kappa shape index (κ3) is 3.64. The number of aromatic nitrogens is 2. The van der Waals surface area contributed by atoms with Crippen molar-refractivity contribution in [1.82, 2.24) is 19.0 Å². The number of aryl methyl sites for hydroxylation is 2. The van der Waals surface area contributed by atoms with Crippen LogP contribution in [0, 0.1) is 6.92 Å². The maximum atomic E-state index is 13.0. The summed E-state index contributed by atoms with van der Waals surface area (Å²) in [5, 5.41) is 4.11. The largest absolute Gasteiger partial charge is 0.368 e. The summed E-state index contributed by atoms with van der Waals surface area (Å²) in [6.45, 7) is 2.98. The summed E-state index contributed by atoms with van der Waals surface area (Å²) in [5.74, 6) is -0.524. The molecule has 0 bridgehead atoms. The second kappa shape index (κ2) is 7.18. The van der Waals surface area contributed by atoms with Crippen molar-refractivity contribution >= 4 is 15.9 Å². The summed E-state index contributed by atoms with van der Waals surface area (Å²) in [7, 11) is -2.04. The Bertz CT molecular complexity index is 894. The number of benzene rings is 1. The van der Waals surface area contributed by atoms with Gasteiger partial charge in [0.2, 0.25) is 15.9 Å². The summed E-state index contributed by atoms with van der Waals surface area (Å²) >= 11 is 0. The molecule has 1 aliphatic rings. The highest BCUT2D eigenvalue weighted by Gasteiger charge is 2.38. The maximum absolute atomic E-state index is 13.0. The lowest BCUT2D eigenvalue weighted by molar-refractivity contribution is -0.124. The number of nitrogens with zero attached hydrogens (tertiary/aromatic N) is 4. The van der Waals surface area contributed by atoms with Crippen LogP contribution in [0.15, 0.2) is 41.4 Å². The molecule has 140 valence electrons. The topological polar surface area (TPSA) is 102 Å². The summed E-state index contributed by atoms with van der Waals surface area (Å²) in [6, 6.07) is 9.06. The molecule has 0 radical (unpaired) electrons. The molecule has 0 unspecified atom stereocenters. The van der Waals surface area contributed by atoms with E-state index in [1.54, 1.807) is 14.0 Å². The van der Waals surface area contributed by atoms with E-state index in [9.17, 15) is 13.2 Å². The van der Waals surface area contributed by atoms with Crippen LogP contribution in [0.3, 0.4) is 0 Å². The van der Waals surface area contributed by atoms with Gasteiger partial charge in [0.1, 0.15) is 10.9 Å². The van der Waals surface area contributed by atoms with Crippen molar-refractivity contribution in [3.05, 3.63) is 47.8 Å². The highest BCUT2D eigenvalue weighted by atomic mass is 32.2. The molecule has 2 aromatic rings. The number of carbonyl (C=O) groups is 1. The van der Waals surface area contributed by atoms with Gasteiger partial charge in [-0.3, -0.25) is 14.4 Å². The molecule has 1 aromatic heterocycles. The van der Waals surface area contributed by atoms with Crippen LogP contribution in [0.25, 0.3) is 0 Å². The number of hydrogen-bond acceptors (Lipinski definition) is 5. The third-order valence-corrected chi connectivity index (χ3v) is 6.57. The molecule has 1 atom stereocenters. The lowest BCUT2D eigenvalue weighted by Gasteiger charge is -2.39. The zero-order chi connectivity index (χ0) is 18.9. The molecule has 1 amide bonds. The average molecular weight is 377 g/mol. The molecule has 9 heteroatoms. The Balaban J connectivity index is 1.81. The minimum absolute atomic E-state index is 0.0405. The SMILES string of the molecule is Cc1nn(C)cc1S(=O)(=O)N1CCN(Cc2ccccc2)[C@@H](C(N)=O)C1. The molecular formula is C17H23N5O3S. The van der Waals surface area contributed by atoms with E-state index in [0.29, 0.717) is 25.3 Å². The quantitative estimate of drug-likeness (QED) is 0.796. The van der Waals surface area contributed by atoms with E-state index in [4.69, 9.17) is 5.73 Å². The molecule has 0 spiro atoms. The first kappa shape index (κ1) is 18.6. The molecule has 1 aromatic carbocycles. The fraction of sp³-hybridized carbons (Fsp3) is 0.412. The first-order chi connectivity index (χ1) is 12.3. The fourth-order valence-corrected chi connectivity index (χ4v) is 4.90. The Kier molecular flexibility index (Phi) is 5.12. The van der Waals surface area contributed by atoms with Gasteiger partial charge in [0.15, 0.2) is 0 Å². The normalized spacial score (nSPS) is 19.5. The molecule has 1 aliphatic heterocycles. The number of nitrogens with two attached hydrogens (primary N) is 1. The van der Waals surface area contributed by atoms with Crippen molar-refractivity contribution in [2.45, 2.75) is 24.4 Å². The van der Waals surface area contributed by atoms with Gasteiger partial charge in [-0.05, 0) is 12.5 Å². The van der Waals surface area contributed by atoms with Crippen molar-refractivity contribution in [3.8, 4) is 0 Å². The molecule has 3 rings (SSSR count). The first-order valence-corrected chi connectivity index (χ1v) is 9.80. The Hall–Kier alpha value is -2.23. The average Bonchev–Trinajstić information content (AvgIpc) is 2.95. The number of sulfonamides is 1. The van der Waals surface area contributed by atoms with E-state index in [-0.39, 0.29) is 11.4 Å². The number of rotatable bonds is 5. The van der Waals surface area contributed by atoms with Gasteiger partial charge in [0.05, 0.1) is 5.69 Å². The van der Waals surface area contributed by atoms with Crippen LogP contribution >= 0.6 is 0 Å². The molecule has 2 heterocycles. The highest BCUT2D eigenvalue weighted by molar-refractivity contribution is 7.89. The van der Waals surface area contributed by atoms with Crippen LogP contribution in [0.1, 0.15) is 11.3 Å². The van der Waals surface area contributed by atoms with Gasteiger partial charge in [-0.15, -0.1) is 0 Å². The lowest BCUT2D eigenvalue weighted by atomic mass is 10.1. The van der Waals surface area contributed by atoms with Crippen molar-refractivity contribution < 1.29 is 13.2 Å². The van der Waals surface area contributed by atoms with Crippen molar-refractivity contribution in [1.29, 1.82) is 0 Å². The van der Waals surface area contributed by atoms with Gasteiger partial charge in [0.25, 0.3) is 0 Å². The van der Waals surface area contributed by atoms with Gasteiger partial charge in [-0.1, -0.05) is 30.3 Å². The van der Waals surface area contributed by atoms with Crippen LogP contribution in [0.5, 0.6) is 0 Å². The van der Waals surface area contributed by atoms with Gasteiger partial charge < -0.3 is 5.73 Å². The molecule has 26 heavy (non-hydrogen) atoms. The van der Waals surface area contributed by atoms with Crippen LogP contribution in [-0.2, 0) is 28.4 Å². The Morgan fingerprint density at radius 3 is 2.54 bits per heavy atom. The van der Waals surface area contributed by atoms with Gasteiger partial charge in [0, 0.05) is 39.4 Å². The Morgan fingerprint density at radius 2 is 1.96 bits per heavy atom. The smallest absolute Gasteiger partial charge is 0.246 e. The number of piperazine rings is 1. The second-order valence-corrected chi connectivity index (χ2v) is 8.40. The standard InChI is InChI=1S/C17H23N5O3S/c1-13-16(12-20(2)19-13)26(24,25)22-9-8-21(15(11-22)17(18)23)10-14-6-4-3-5-7-14/h3-7,12,15H,8-11H2,1-2H3,(H2,18,23)/t15-/m1/s1. The van der Waals surface area contributed by atoms with Gasteiger partial charge >= 0.3 is 0 Å². The summed E-state index contributed by atoms with van der Waals surface area (Å²) in [4.78, 5) is 14.1. The fourth-order valence-electron chi connectivity index (χ4n) is 3.26. The Morgan fingerprint density at radius 1 is 1.27 bits per heavy atom. The maximum Gasteiger partial charge on any atom is 0.246 e. The number of hydrogen-bond donors (Lipinski definition) is 1. The van der Waals surface area contributed by atoms with E-state index in [1.807, 2.05) is 35.2 Å². The van der Waals surface area contributed by atoms with Crippen molar-refractivity contribution in [2.24, 2.45) is 12.8 Å². The summed E-state index contributed by atoms with van der Waals surface area (Å²) < 4.78 is 28.7. The van der Waals surface area contributed by atoms with Crippen molar-refractivity contribution in [2.75, 3.05) is 19.6 Å². The monoisotopic (exact) mass is 377 g/mol. The molecule has 2 N–H and O–H groups in total. The summed E-state index contributed by atoms with van der Waals surface area (Å²) in [5.41, 5.74) is 7.06. The number of carbonyl (C=O) groups excluding carboxylic acids is 1. The van der Waals surface area contributed by atoms with E-state index < -0.39 is 22.0 Å². The van der Waals surface area contributed by atoms with E-state index in [1.165, 1.54) is 15.2 Å². The molecule has 8 nitrogen and oxygen atoms in total. The molecule has 1 saturated heterocycles. The van der Waals surface area contributed by atoms with Gasteiger partial charge in [-0.2, -0.15) is 9.40 Å². The highest BCUT2D eigenvalue weighted by Crippen LogP contribution is 2.23. The predicted molar refractivity (Wildman–Crippen MR) is 96.5 cm³/mol. The minimum Gasteiger partial charge on any atom is -0.368 e. The van der Waals surface area contributed by atoms with Gasteiger partial charge in [-0.25, -0.2) is 8.42 Å². The molecule has 1 fully saturated rings. The van der Waals surface area contributed by atoms with Crippen LogP contribution in [-0.4, -0.2) is 59.0 Å². The van der Waals surface area contributed by atoms with Crippen molar-refractivity contribution in [3.63, 3.8) is 0 Å². The third-order valence-electron chi connectivity index (χ3n) is 4.60. The number of primary amides is 1. The zero-order valence-electron chi connectivity index (χ0n) is 14.9. The molecule has 0 aliphatic carbocycles. The van der Waals surface area contributed by atoms with Crippen LogP contribution in [0.2, 0.25) is 0 Å². The minimum atomic E-state index is -3.72. The van der Waals surface area contributed by atoms with E-state index >= 15 is 0 Å². The van der Waals surface area contributed by atoms with Crippen LogP contribution in [0.4, 0.5) is 0 Å². The molecule has 0 saturated carbocycles. The van der Waals surface area contributed by atoms with E-state index in [0.717, 1.165) is 5.56 Å². The molecular weight excluding hydrogens is 354 g/mol. The predicted octanol–water partition coefficient (Wildman–Crippen LogP) is 0.0889. The second-order valence-electron chi connectivity index (χ2n) is 6.49.